The lowest BCUT2D eigenvalue weighted by atomic mass is 9.93. The lowest BCUT2D eigenvalue weighted by Crippen LogP contribution is -2.21. The Morgan fingerprint density at radius 3 is 3.00 bits per heavy atom. The van der Waals surface area contributed by atoms with Gasteiger partial charge in [-0.15, -0.1) is 0 Å². The van der Waals surface area contributed by atoms with E-state index in [0.29, 0.717) is 6.04 Å². The molecule has 0 fully saturated rings. The number of para-hydroxylation sites is 1. The van der Waals surface area contributed by atoms with Crippen molar-refractivity contribution in [3.8, 4) is 5.69 Å². The Labute approximate surface area is 112 Å². The van der Waals surface area contributed by atoms with E-state index in [1.807, 2.05) is 42.2 Å². The van der Waals surface area contributed by atoms with Gasteiger partial charge in [-0.2, -0.15) is 5.10 Å². The predicted octanol–water partition coefficient (Wildman–Crippen LogP) is 3.12. The van der Waals surface area contributed by atoms with Gasteiger partial charge in [-0.1, -0.05) is 23.7 Å². The number of halogens is 1. The highest BCUT2D eigenvalue weighted by atomic mass is 35.5. The summed E-state index contributed by atoms with van der Waals surface area (Å²) in [7, 11) is 2.01. The molecule has 1 N–H and O–H groups in total. The van der Waals surface area contributed by atoms with E-state index in [0.717, 1.165) is 17.1 Å². The van der Waals surface area contributed by atoms with Crippen molar-refractivity contribution in [2.45, 2.75) is 25.3 Å². The summed E-state index contributed by atoms with van der Waals surface area (Å²) in [6.07, 6.45) is 5.41. The molecule has 0 radical (unpaired) electrons. The second-order valence-corrected chi connectivity index (χ2v) is 5.05. The molecule has 1 unspecified atom stereocenters. The number of rotatable bonds is 2. The molecule has 0 aliphatic heterocycles. The van der Waals surface area contributed by atoms with Gasteiger partial charge in [0, 0.05) is 17.3 Å². The fourth-order valence-corrected chi connectivity index (χ4v) is 2.90. The first-order valence-corrected chi connectivity index (χ1v) is 6.68. The Kier molecular flexibility index (Phi) is 3.10. The average molecular weight is 262 g/mol. The van der Waals surface area contributed by atoms with E-state index in [1.54, 1.807) is 0 Å². The summed E-state index contributed by atoms with van der Waals surface area (Å²) in [5, 5.41) is 8.62. The number of hydrogen-bond donors (Lipinski definition) is 1. The number of nitrogens with one attached hydrogen (secondary N) is 1. The summed E-state index contributed by atoms with van der Waals surface area (Å²) in [6, 6.07) is 8.28. The minimum atomic E-state index is 0.421. The van der Waals surface area contributed by atoms with Gasteiger partial charge in [0.2, 0.25) is 0 Å². The Morgan fingerprint density at radius 1 is 1.39 bits per heavy atom. The zero-order valence-electron chi connectivity index (χ0n) is 10.4. The summed E-state index contributed by atoms with van der Waals surface area (Å²) in [6.45, 7) is 0. The maximum Gasteiger partial charge on any atom is 0.0835 e. The predicted molar refractivity (Wildman–Crippen MR) is 73.3 cm³/mol. The van der Waals surface area contributed by atoms with Crippen LogP contribution in [0, 0.1) is 0 Å². The van der Waals surface area contributed by atoms with Crippen LogP contribution in [0.25, 0.3) is 5.69 Å². The third-order valence-electron chi connectivity index (χ3n) is 3.61. The molecule has 1 aliphatic carbocycles. The monoisotopic (exact) mass is 261 g/mol. The molecule has 3 rings (SSSR count). The van der Waals surface area contributed by atoms with Gasteiger partial charge in [-0.05, 0) is 38.4 Å². The smallest absolute Gasteiger partial charge is 0.0835 e. The molecule has 0 spiro atoms. The molecule has 1 aliphatic rings. The number of hydrogen-bond acceptors (Lipinski definition) is 2. The summed E-state index contributed by atoms with van der Waals surface area (Å²) in [5.74, 6) is 0. The van der Waals surface area contributed by atoms with Crippen molar-refractivity contribution in [2.75, 3.05) is 7.05 Å². The van der Waals surface area contributed by atoms with Crippen molar-refractivity contribution in [3.05, 3.63) is 46.7 Å². The largest absolute Gasteiger partial charge is 0.313 e. The Bertz CT molecular complexity index is 562. The molecule has 0 saturated carbocycles. The van der Waals surface area contributed by atoms with Crippen molar-refractivity contribution in [1.29, 1.82) is 0 Å². The standard InChI is InChI=1S/C14H16ClN3/c1-16-12-6-4-8-13-10(12)9-17-18(13)14-7-3-2-5-11(14)15/h2-3,5,7,9,12,16H,4,6,8H2,1H3. The lowest BCUT2D eigenvalue weighted by molar-refractivity contribution is 0.490. The second-order valence-electron chi connectivity index (χ2n) is 4.64. The SMILES string of the molecule is CNC1CCCc2c1cnn2-c1ccccc1Cl. The third kappa shape index (κ3) is 1.84. The molecule has 18 heavy (non-hydrogen) atoms. The average Bonchev–Trinajstić information content (AvgIpc) is 2.83. The quantitative estimate of drug-likeness (QED) is 0.900. The van der Waals surface area contributed by atoms with Gasteiger partial charge >= 0.3 is 0 Å². The molecule has 0 saturated heterocycles. The van der Waals surface area contributed by atoms with Crippen LogP contribution >= 0.6 is 11.6 Å². The second kappa shape index (κ2) is 4.75. The van der Waals surface area contributed by atoms with Crippen LogP contribution in [-0.2, 0) is 6.42 Å². The van der Waals surface area contributed by atoms with Crippen molar-refractivity contribution in [1.82, 2.24) is 15.1 Å². The summed E-state index contributed by atoms with van der Waals surface area (Å²) in [5.41, 5.74) is 3.56. The van der Waals surface area contributed by atoms with Crippen LogP contribution in [0.15, 0.2) is 30.5 Å². The number of aromatic nitrogens is 2. The van der Waals surface area contributed by atoms with Gasteiger partial charge in [-0.25, -0.2) is 4.68 Å². The number of fused-ring (bicyclic) bond motifs is 1. The summed E-state index contributed by atoms with van der Waals surface area (Å²) >= 11 is 6.25. The first-order chi connectivity index (χ1) is 8.81. The van der Waals surface area contributed by atoms with Gasteiger partial charge in [-0.3, -0.25) is 0 Å². The maximum atomic E-state index is 6.25. The minimum absolute atomic E-state index is 0.421. The van der Waals surface area contributed by atoms with Crippen molar-refractivity contribution >= 4 is 11.6 Å². The molecule has 4 heteroatoms. The minimum Gasteiger partial charge on any atom is -0.313 e. The van der Waals surface area contributed by atoms with Crippen LogP contribution in [0.5, 0.6) is 0 Å². The fourth-order valence-electron chi connectivity index (χ4n) is 2.69. The molecule has 94 valence electrons. The number of benzene rings is 1. The summed E-state index contributed by atoms with van der Waals surface area (Å²) < 4.78 is 1.99. The summed E-state index contributed by atoms with van der Waals surface area (Å²) in [4.78, 5) is 0. The fraction of sp³-hybridized carbons (Fsp3) is 0.357. The van der Waals surface area contributed by atoms with E-state index in [-0.39, 0.29) is 0 Å². The molecule has 2 aromatic rings. The Balaban J connectivity index is 2.10. The Morgan fingerprint density at radius 2 is 2.22 bits per heavy atom. The molecular weight excluding hydrogens is 246 g/mol. The van der Waals surface area contributed by atoms with E-state index in [2.05, 4.69) is 10.4 Å². The lowest BCUT2D eigenvalue weighted by Gasteiger charge is -2.22. The molecule has 1 heterocycles. The zero-order chi connectivity index (χ0) is 12.5. The first-order valence-electron chi connectivity index (χ1n) is 6.30. The highest BCUT2D eigenvalue weighted by Gasteiger charge is 2.23. The first kappa shape index (κ1) is 11.8. The van der Waals surface area contributed by atoms with Gasteiger partial charge < -0.3 is 5.32 Å². The van der Waals surface area contributed by atoms with E-state index >= 15 is 0 Å². The van der Waals surface area contributed by atoms with Crippen LogP contribution in [0.2, 0.25) is 5.02 Å². The molecule has 1 atom stereocenters. The van der Waals surface area contributed by atoms with Crippen LogP contribution in [0.1, 0.15) is 30.1 Å². The molecule has 3 nitrogen and oxygen atoms in total. The van der Waals surface area contributed by atoms with E-state index < -0.39 is 0 Å². The van der Waals surface area contributed by atoms with Crippen LogP contribution in [0.4, 0.5) is 0 Å². The van der Waals surface area contributed by atoms with E-state index in [4.69, 9.17) is 11.6 Å². The molecular formula is C14H16ClN3. The third-order valence-corrected chi connectivity index (χ3v) is 3.93. The van der Waals surface area contributed by atoms with Crippen molar-refractivity contribution < 1.29 is 0 Å². The number of nitrogens with zero attached hydrogens (tertiary/aromatic N) is 2. The van der Waals surface area contributed by atoms with Crippen LogP contribution in [-0.4, -0.2) is 16.8 Å². The molecule has 0 bridgehead atoms. The van der Waals surface area contributed by atoms with Crippen LogP contribution < -0.4 is 5.32 Å². The normalized spacial score (nSPS) is 18.7. The van der Waals surface area contributed by atoms with Gasteiger partial charge in [0.1, 0.15) is 0 Å². The van der Waals surface area contributed by atoms with Gasteiger partial charge in [0.05, 0.1) is 16.9 Å². The van der Waals surface area contributed by atoms with Gasteiger partial charge in [0.25, 0.3) is 0 Å². The van der Waals surface area contributed by atoms with E-state index in [9.17, 15) is 0 Å². The van der Waals surface area contributed by atoms with Crippen LogP contribution in [0.3, 0.4) is 0 Å². The zero-order valence-corrected chi connectivity index (χ0v) is 11.1. The highest BCUT2D eigenvalue weighted by molar-refractivity contribution is 6.32. The van der Waals surface area contributed by atoms with Gasteiger partial charge in [0.15, 0.2) is 0 Å². The van der Waals surface area contributed by atoms with E-state index in [1.165, 1.54) is 24.1 Å². The van der Waals surface area contributed by atoms with Crippen molar-refractivity contribution in [3.63, 3.8) is 0 Å². The Hall–Kier alpha value is -1.32. The topological polar surface area (TPSA) is 29.9 Å². The molecule has 1 aromatic heterocycles. The van der Waals surface area contributed by atoms with Crippen molar-refractivity contribution in [2.24, 2.45) is 0 Å². The molecule has 1 aromatic carbocycles. The highest BCUT2D eigenvalue weighted by Crippen LogP contribution is 2.32. The maximum absolute atomic E-state index is 6.25. The molecule has 0 amide bonds.